The van der Waals surface area contributed by atoms with Crippen LogP contribution in [0, 0.1) is 12.3 Å². The maximum atomic E-state index is 12.6. The fourth-order valence-corrected chi connectivity index (χ4v) is 3.92. The zero-order chi connectivity index (χ0) is 16.6. The number of aliphatic hydroxyl groups is 2. The van der Waals surface area contributed by atoms with Gasteiger partial charge in [0.15, 0.2) is 0 Å². The maximum Gasteiger partial charge on any atom is 0.257 e. The summed E-state index contributed by atoms with van der Waals surface area (Å²) in [6.07, 6.45) is 3.46. The molecule has 1 saturated heterocycles. The van der Waals surface area contributed by atoms with E-state index in [1.807, 2.05) is 18.9 Å². The molecule has 2 heterocycles. The highest BCUT2D eigenvalue weighted by molar-refractivity contribution is 5.95. The molecular formula is C16H25N3O4. The van der Waals surface area contributed by atoms with Gasteiger partial charge in [0.1, 0.15) is 0 Å². The summed E-state index contributed by atoms with van der Waals surface area (Å²) in [6.45, 7) is 3.36. The van der Waals surface area contributed by atoms with Gasteiger partial charge in [-0.25, -0.2) is 0 Å². The summed E-state index contributed by atoms with van der Waals surface area (Å²) < 4.78 is 7.32. The fraction of sp³-hybridized carbons (Fsp3) is 0.750. The van der Waals surface area contributed by atoms with Gasteiger partial charge in [0.05, 0.1) is 36.7 Å². The number of carbonyl (C=O) groups is 1. The minimum absolute atomic E-state index is 0.00638. The molecule has 1 amide bonds. The van der Waals surface area contributed by atoms with Crippen molar-refractivity contribution in [2.24, 2.45) is 12.5 Å². The average Bonchev–Trinajstić information content (AvgIpc) is 2.89. The summed E-state index contributed by atoms with van der Waals surface area (Å²) in [6, 6.07) is 0. The van der Waals surface area contributed by atoms with Crippen LogP contribution in [0.4, 0.5) is 0 Å². The summed E-state index contributed by atoms with van der Waals surface area (Å²) in [5.74, 6) is 0.00656. The van der Waals surface area contributed by atoms with Crippen molar-refractivity contribution in [3.63, 3.8) is 0 Å². The summed E-state index contributed by atoms with van der Waals surface area (Å²) in [7, 11) is 1.81. The van der Waals surface area contributed by atoms with E-state index in [1.165, 1.54) is 0 Å². The number of aryl methyl sites for hydroxylation is 2. The van der Waals surface area contributed by atoms with E-state index in [-0.39, 0.29) is 30.1 Å². The van der Waals surface area contributed by atoms with Crippen LogP contribution in [0.2, 0.25) is 0 Å². The molecule has 0 unspecified atom stereocenters. The van der Waals surface area contributed by atoms with Gasteiger partial charge in [0.2, 0.25) is 0 Å². The lowest BCUT2D eigenvalue weighted by atomic mass is 9.58. The minimum Gasteiger partial charge on any atom is -0.394 e. The molecule has 7 heteroatoms. The summed E-state index contributed by atoms with van der Waals surface area (Å²) in [5, 5.41) is 23.4. The highest BCUT2D eigenvalue weighted by atomic mass is 16.5. The number of nitrogens with zero attached hydrogens (tertiary/aromatic N) is 3. The van der Waals surface area contributed by atoms with Crippen molar-refractivity contribution < 1.29 is 19.7 Å². The molecule has 1 spiro atoms. The van der Waals surface area contributed by atoms with E-state index in [1.54, 1.807) is 10.9 Å². The first-order valence-electron chi connectivity index (χ1n) is 8.18. The molecule has 0 radical (unpaired) electrons. The summed E-state index contributed by atoms with van der Waals surface area (Å²) in [5.41, 5.74) is 1.13. The maximum absolute atomic E-state index is 12.6. The molecule has 3 rings (SSSR count). The number of ether oxygens (including phenoxy) is 1. The van der Waals surface area contributed by atoms with Crippen LogP contribution in [0.1, 0.15) is 35.3 Å². The van der Waals surface area contributed by atoms with Crippen molar-refractivity contribution in [2.75, 3.05) is 26.3 Å². The third-order valence-corrected chi connectivity index (χ3v) is 5.38. The third-order valence-electron chi connectivity index (χ3n) is 5.38. The molecule has 1 aromatic rings. The fourth-order valence-electron chi connectivity index (χ4n) is 3.92. The van der Waals surface area contributed by atoms with Crippen molar-refractivity contribution in [2.45, 2.75) is 38.4 Å². The second-order valence-electron chi connectivity index (χ2n) is 6.66. The molecule has 1 aliphatic carbocycles. The Hall–Kier alpha value is -1.44. The Labute approximate surface area is 135 Å². The summed E-state index contributed by atoms with van der Waals surface area (Å²) >= 11 is 0. The van der Waals surface area contributed by atoms with Gasteiger partial charge in [-0.2, -0.15) is 5.10 Å². The van der Waals surface area contributed by atoms with Crippen molar-refractivity contribution in [1.82, 2.24) is 14.7 Å². The zero-order valence-corrected chi connectivity index (χ0v) is 13.7. The van der Waals surface area contributed by atoms with Crippen molar-refractivity contribution in [3.8, 4) is 0 Å². The number of aliphatic hydroxyl groups excluding tert-OH is 2. The van der Waals surface area contributed by atoms with Gasteiger partial charge < -0.3 is 19.8 Å². The van der Waals surface area contributed by atoms with E-state index in [0.29, 0.717) is 31.7 Å². The average molecular weight is 323 g/mol. The Morgan fingerprint density at radius 3 is 2.70 bits per heavy atom. The molecule has 128 valence electrons. The number of piperidine rings is 1. The van der Waals surface area contributed by atoms with Crippen LogP contribution in [-0.2, 0) is 11.8 Å². The number of carbonyl (C=O) groups excluding carboxylic acids is 1. The molecule has 2 atom stereocenters. The second kappa shape index (κ2) is 6.22. The highest BCUT2D eigenvalue weighted by Crippen LogP contribution is 2.51. The van der Waals surface area contributed by atoms with Gasteiger partial charge in [-0.1, -0.05) is 0 Å². The van der Waals surface area contributed by atoms with Crippen LogP contribution in [-0.4, -0.2) is 69.3 Å². The molecule has 23 heavy (non-hydrogen) atoms. The lowest BCUT2D eigenvalue weighted by Gasteiger charge is -2.56. The quantitative estimate of drug-likeness (QED) is 0.820. The monoisotopic (exact) mass is 323 g/mol. The van der Waals surface area contributed by atoms with Crippen LogP contribution >= 0.6 is 0 Å². The van der Waals surface area contributed by atoms with E-state index in [0.717, 1.165) is 18.5 Å². The van der Waals surface area contributed by atoms with Gasteiger partial charge in [-0.05, 0) is 19.8 Å². The Bertz CT molecular complexity index is 578. The molecule has 2 fully saturated rings. The number of aromatic nitrogens is 2. The van der Waals surface area contributed by atoms with Crippen LogP contribution < -0.4 is 0 Å². The molecule has 2 N–H and O–H groups in total. The molecule has 0 bridgehead atoms. The molecular weight excluding hydrogens is 298 g/mol. The van der Waals surface area contributed by atoms with Crippen molar-refractivity contribution in [1.29, 1.82) is 0 Å². The SMILES string of the molecule is Cc1nn(C)cc1C(=O)N1CCC2(CC1)[C@H](O)C[C@@H]2OCCO. The van der Waals surface area contributed by atoms with E-state index < -0.39 is 0 Å². The Morgan fingerprint density at radius 2 is 2.17 bits per heavy atom. The second-order valence-corrected chi connectivity index (χ2v) is 6.66. The van der Waals surface area contributed by atoms with E-state index in [9.17, 15) is 9.90 Å². The van der Waals surface area contributed by atoms with Crippen LogP contribution in [0.15, 0.2) is 6.20 Å². The molecule has 7 nitrogen and oxygen atoms in total. The topological polar surface area (TPSA) is 87.8 Å². The van der Waals surface area contributed by atoms with Crippen LogP contribution in [0.5, 0.6) is 0 Å². The first-order chi connectivity index (χ1) is 11.0. The zero-order valence-electron chi connectivity index (χ0n) is 13.7. The number of likely N-dealkylation sites (tertiary alicyclic amines) is 1. The largest absolute Gasteiger partial charge is 0.394 e. The smallest absolute Gasteiger partial charge is 0.257 e. The number of hydrogen-bond acceptors (Lipinski definition) is 5. The number of amides is 1. The Balaban J connectivity index is 1.64. The van der Waals surface area contributed by atoms with Crippen LogP contribution in [0.25, 0.3) is 0 Å². The highest BCUT2D eigenvalue weighted by Gasteiger charge is 2.56. The van der Waals surface area contributed by atoms with Gasteiger partial charge in [-0.15, -0.1) is 0 Å². The number of hydrogen-bond donors (Lipinski definition) is 2. The predicted octanol–water partition coefficient (Wildman–Crippen LogP) is 0.0930. The van der Waals surface area contributed by atoms with Crippen molar-refractivity contribution >= 4 is 5.91 Å². The van der Waals surface area contributed by atoms with Gasteiger partial charge in [0.25, 0.3) is 5.91 Å². The standard InChI is InChI=1S/C16H25N3O4/c1-11-12(10-18(2)17-11)15(22)19-5-3-16(4-6-19)13(21)9-14(16)23-8-7-20/h10,13-14,20-21H,3-9H2,1-2H3/t13-,14+/m1/s1. The molecule has 2 aliphatic rings. The Kier molecular flexibility index (Phi) is 4.44. The van der Waals surface area contributed by atoms with E-state index in [2.05, 4.69) is 5.10 Å². The molecule has 1 aromatic heterocycles. The summed E-state index contributed by atoms with van der Waals surface area (Å²) in [4.78, 5) is 14.5. The van der Waals surface area contributed by atoms with Crippen molar-refractivity contribution in [3.05, 3.63) is 17.5 Å². The number of rotatable bonds is 4. The van der Waals surface area contributed by atoms with Gasteiger partial charge >= 0.3 is 0 Å². The minimum atomic E-state index is -0.372. The first-order valence-corrected chi connectivity index (χ1v) is 8.18. The lowest BCUT2D eigenvalue weighted by molar-refractivity contribution is -0.211. The molecule has 1 aliphatic heterocycles. The normalized spacial score (nSPS) is 26.3. The van der Waals surface area contributed by atoms with Crippen LogP contribution in [0.3, 0.4) is 0 Å². The first kappa shape index (κ1) is 16.4. The lowest BCUT2D eigenvalue weighted by Crippen LogP contribution is -2.62. The van der Waals surface area contributed by atoms with Gasteiger partial charge in [-0.3, -0.25) is 9.48 Å². The predicted molar refractivity (Wildman–Crippen MR) is 83.0 cm³/mol. The van der Waals surface area contributed by atoms with E-state index in [4.69, 9.17) is 9.84 Å². The molecule has 1 saturated carbocycles. The molecule has 0 aromatic carbocycles. The van der Waals surface area contributed by atoms with Gasteiger partial charge in [0, 0.05) is 38.2 Å². The third kappa shape index (κ3) is 2.77. The van der Waals surface area contributed by atoms with E-state index >= 15 is 0 Å². The Morgan fingerprint density at radius 1 is 1.48 bits per heavy atom.